The van der Waals surface area contributed by atoms with E-state index in [1.54, 1.807) is 0 Å². The maximum Gasteiger partial charge on any atom is 0.0568 e. The van der Waals surface area contributed by atoms with Crippen LogP contribution >= 0.6 is 0 Å². The third kappa shape index (κ3) is 3.56. The smallest absolute Gasteiger partial charge is 0.0568 e. The van der Waals surface area contributed by atoms with Crippen LogP contribution in [0.1, 0.15) is 36.8 Å². The van der Waals surface area contributed by atoms with E-state index in [0.29, 0.717) is 5.92 Å². The Labute approximate surface area is 111 Å². The van der Waals surface area contributed by atoms with Gasteiger partial charge in [0.2, 0.25) is 0 Å². The maximum absolute atomic E-state index is 9.82. The molecule has 2 atom stereocenters. The third-order valence-electron chi connectivity index (χ3n) is 4.20. The van der Waals surface area contributed by atoms with Gasteiger partial charge in [0.25, 0.3) is 0 Å². The van der Waals surface area contributed by atoms with Crippen molar-refractivity contribution in [2.75, 3.05) is 13.6 Å². The zero-order valence-corrected chi connectivity index (χ0v) is 11.6. The molecular weight excluding hydrogens is 222 g/mol. The predicted octanol–water partition coefficient (Wildman–Crippen LogP) is 2.98. The molecule has 0 amide bonds. The second kappa shape index (κ2) is 6.35. The van der Waals surface area contributed by atoms with Crippen molar-refractivity contribution >= 4 is 0 Å². The minimum atomic E-state index is -0.0446. The number of hydrogen-bond donors (Lipinski definition) is 1. The van der Waals surface area contributed by atoms with Gasteiger partial charge >= 0.3 is 0 Å². The van der Waals surface area contributed by atoms with Gasteiger partial charge in [-0.1, -0.05) is 30.7 Å². The standard InChI is InChI=1S/C16H25NO/c1-13-6-3-4-7-15(13)12-17(2)11-10-14-8-5-9-16(14)18/h3-4,6-7,14,16,18H,5,8-12H2,1-2H3. The Kier molecular flexibility index (Phi) is 4.79. The van der Waals surface area contributed by atoms with E-state index in [1.165, 1.54) is 24.0 Å². The largest absolute Gasteiger partial charge is 0.393 e. The van der Waals surface area contributed by atoms with Crippen LogP contribution in [0, 0.1) is 12.8 Å². The van der Waals surface area contributed by atoms with Gasteiger partial charge in [-0.15, -0.1) is 0 Å². The lowest BCUT2D eigenvalue weighted by Crippen LogP contribution is -2.24. The molecule has 1 aliphatic rings. The molecule has 0 bridgehead atoms. The van der Waals surface area contributed by atoms with Crippen LogP contribution in [0.5, 0.6) is 0 Å². The lowest BCUT2D eigenvalue weighted by Gasteiger charge is -2.21. The van der Waals surface area contributed by atoms with Crippen LogP contribution in [0.4, 0.5) is 0 Å². The molecule has 0 spiro atoms. The number of nitrogens with zero attached hydrogens (tertiary/aromatic N) is 1. The van der Waals surface area contributed by atoms with Crippen LogP contribution in [0.2, 0.25) is 0 Å². The highest BCUT2D eigenvalue weighted by molar-refractivity contribution is 5.25. The first-order valence-electron chi connectivity index (χ1n) is 7.08. The number of aliphatic hydroxyl groups excluding tert-OH is 1. The van der Waals surface area contributed by atoms with Crippen LogP contribution < -0.4 is 0 Å². The van der Waals surface area contributed by atoms with Crippen molar-refractivity contribution in [1.82, 2.24) is 4.90 Å². The Hall–Kier alpha value is -0.860. The van der Waals surface area contributed by atoms with Gasteiger partial charge in [0, 0.05) is 6.54 Å². The van der Waals surface area contributed by atoms with Crippen molar-refractivity contribution in [2.24, 2.45) is 5.92 Å². The second-order valence-corrected chi connectivity index (χ2v) is 5.71. The molecule has 1 aliphatic carbocycles. The van der Waals surface area contributed by atoms with E-state index < -0.39 is 0 Å². The van der Waals surface area contributed by atoms with Gasteiger partial charge in [-0.2, -0.15) is 0 Å². The SMILES string of the molecule is Cc1ccccc1CN(C)CCC1CCCC1O. The summed E-state index contributed by atoms with van der Waals surface area (Å²) < 4.78 is 0. The van der Waals surface area contributed by atoms with Gasteiger partial charge in [-0.3, -0.25) is 0 Å². The summed E-state index contributed by atoms with van der Waals surface area (Å²) in [5, 5.41) is 9.82. The summed E-state index contributed by atoms with van der Waals surface area (Å²) in [4.78, 5) is 2.37. The number of aliphatic hydroxyl groups is 1. The van der Waals surface area contributed by atoms with Gasteiger partial charge in [0.05, 0.1) is 6.10 Å². The molecule has 0 aromatic heterocycles. The summed E-state index contributed by atoms with van der Waals surface area (Å²) in [6.45, 7) is 4.26. The lowest BCUT2D eigenvalue weighted by molar-refractivity contribution is 0.120. The van der Waals surface area contributed by atoms with Crippen molar-refractivity contribution < 1.29 is 5.11 Å². The number of benzene rings is 1. The average molecular weight is 247 g/mol. The zero-order chi connectivity index (χ0) is 13.0. The Bertz CT molecular complexity index is 377. The zero-order valence-electron chi connectivity index (χ0n) is 11.6. The molecule has 2 rings (SSSR count). The summed E-state index contributed by atoms with van der Waals surface area (Å²) in [5.74, 6) is 0.532. The van der Waals surface area contributed by atoms with E-state index in [4.69, 9.17) is 0 Å². The molecule has 0 saturated heterocycles. The number of aryl methyl sites for hydroxylation is 1. The number of hydrogen-bond acceptors (Lipinski definition) is 2. The molecule has 2 unspecified atom stereocenters. The van der Waals surface area contributed by atoms with E-state index in [2.05, 4.69) is 43.1 Å². The molecular formula is C16H25NO. The Morgan fingerprint density at radius 2 is 2.06 bits per heavy atom. The summed E-state index contributed by atoms with van der Waals surface area (Å²) in [6.07, 6.45) is 4.50. The van der Waals surface area contributed by atoms with E-state index in [9.17, 15) is 5.11 Å². The van der Waals surface area contributed by atoms with Crippen LogP contribution in [-0.4, -0.2) is 29.7 Å². The van der Waals surface area contributed by atoms with Crippen LogP contribution in [-0.2, 0) is 6.54 Å². The molecule has 0 radical (unpaired) electrons. The molecule has 2 nitrogen and oxygen atoms in total. The molecule has 1 saturated carbocycles. The Balaban J connectivity index is 1.78. The molecule has 0 aliphatic heterocycles. The molecule has 1 fully saturated rings. The fourth-order valence-corrected chi connectivity index (χ4v) is 2.90. The molecule has 100 valence electrons. The fraction of sp³-hybridized carbons (Fsp3) is 0.625. The summed E-state index contributed by atoms with van der Waals surface area (Å²) in [7, 11) is 2.17. The quantitative estimate of drug-likeness (QED) is 0.864. The number of rotatable bonds is 5. The topological polar surface area (TPSA) is 23.5 Å². The highest BCUT2D eigenvalue weighted by atomic mass is 16.3. The molecule has 1 N–H and O–H groups in total. The average Bonchev–Trinajstić information content (AvgIpc) is 2.75. The maximum atomic E-state index is 9.82. The fourth-order valence-electron chi connectivity index (χ4n) is 2.90. The molecule has 2 heteroatoms. The first-order valence-corrected chi connectivity index (χ1v) is 7.08. The highest BCUT2D eigenvalue weighted by Crippen LogP contribution is 2.28. The Morgan fingerprint density at radius 1 is 1.28 bits per heavy atom. The minimum Gasteiger partial charge on any atom is -0.393 e. The summed E-state index contributed by atoms with van der Waals surface area (Å²) in [5.41, 5.74) is 2.78. The minimum absolute atomic E-state index is 0.0446. The van der Waals surface area contributed by atoms with Crippen molar-refractivity contribution in [3.8, 4) is 0 Å². The Morgan fingerprint density at radius 3 is 2.72 bits per heavy atom. The van der Waals surface area contributed by atoms with Crippen LogP contribution in [0.15, 0.2) is 24.3 Å². The van der Waals surface area contributed by atoms with Crippen LogP contribution in [0.3, 0.4) is 0 Å². The van der Waals surface area contributed by atoms with E-state index in [-0.39, 0.29) is 6.10 Å². The molecule has 1 aromatic rings. The predicted molar refractivity (Wildman–Crippen MR) is 75.5 cm³/mol. The van der Waals surface area contributed by atoms with Crippen LogP contribution in [0.25, 0.3) is 0 Å². The summed E-state index contributed by atoms with van der Waals surface area (Å²) in [6, 6.07) is 8.57. The van der Waals surface area contributed by atoms with Gasteiger partial charge < -0.3 is 10.0 Å². The van der Waals surface area contributed by atoms with E-state index in [0.717, 1.165) is 25.9 Å². The molecule has 1 aromatic carbocycles. The lowest BCUT2D eigenvalue weighted by atomic mass is 10.0. The molecule has 0 heterocycles. The third-order valence-corrected chi connectivity index (χ3v) is 4.20. The second-order valence-electron chi connectivity index (χ2n) is 5.71. The van der Waals surface area contributed by atoms with E-state index in [1.807, 2.05) is 0 Å². The van der Waals surface area contributed by atoms with Crippen molar-refractivity contribution in [2.45, 2.75) is 45.3 Å². The monoisotopic (exact) mass is 247 g/mol. The van der Waals surface area contributed by atoms with Crippen molar-refractivity contribution in [1.29, 1.82) is 0 Å². The van der Waals surface area contributed by atoms with Gasteiger partial charge in [0.15, 0.2) is 0 Å². The van der Waals surface area contributed by atoms with Crippen molar-refractivity contribution in [3.63, 3.8) is 0 Å². The van der Waals surface area contributed by atoms with Gasteiger partial charge in [-0.25, -0.2) is 0 Å². The van der Waals surface area contributed by atoms with Crippen molar-refractivity contribution in [3.05, 3.63) is 35.4 Å². The highest BCUT2D eigenvalue weighted by Gasteiger charge is 2.24. The summed E-state index contributed by atoms with van der Waals surface area (Å²) >= 11 is 0. The van der Waals surface area contributed by atoms with Gasteiger partial charge in [-0.05, 0) is 56.8 Å². The van der Waals surface area contributed by atoms with Gasteiger partial charge in [0.1, 0.15) is 0 Å². The molecule has 18 heavy (non-hydrogen) atoms. The first-order chi connectivity index (χ1) is 8.66. The van der Waals surface area contributed by atoms with E-state index >= 15 is 0 Å². The normalized spacial score (nSPS) is 23.8. The first kappa shape index (κ1) is 13.6.